The van der Waals surface area contributed by atoms with Crippen molar-refractivity contribution in [2.45, 2.75) is 26.4 Å². The van der Waals surface area contributed by atoms with E-state index < -0.39 is 0 Å². The number of furan rings is 1. The summed E-state index contributed by atoms with van der Waals surface area (Å²) in [5.41, 5.74) is 0. The maximum Gasteiger partial charge on any atom is 0.289 e. The van der Waals surface area contributed by atoms with Gasteiger partial charge >= 0.3 is 0 Å². The lowest BCUT2D eigenvalue weighted by Gasteiger charge is -2.30. The maximum atomic E-state index is 12.5. The minimum Gasteiger partial charge on any atom is -0.484 e. The molecular formula is C18H20BrNO3. The van der Waals surface area contributed by atoms with Crippen LogP contribution < -0.4 is 4.74 Å². The molecular weight excluding hydrogens is 358 g/mol. The van der Waals surface area contributed by atoms with Crippen LogP contribution in [0.5, 0.6) is 5.75 Å². The lowest BCUT2D eigenvalue weighted by Crippen LogP contribution is -2.38. The Morgan fingerprint density at radius 3 is 2.96 bits per heavy atom. The second-order valence-corrected chi connectivity index (χ2v) is 6.84. The Hall–Kier alpha value is -1.75. The third-order valence-electron chi connectivity index (χ3n) is 4.02. The summed E-state index contributed by atoms with van der Waals surface area (Å²) in [5.74, 6) is 2.32. The molecule has 5 heteroatoms. The molecule has 1 fully saturated rings. The smallest absolute Gasteiger partial charge is 0.289 e. The third kappa shape index (κ3) is 3.96. The van der Waals surface area contributed by atoms with Gasteiger partial charge in [0.2, 0.25) is 0 Å². The van der Waals surface area contributed by atoms with E-state index >= 15 is 0 Å². The number of hydrogen-bond donors (Lipinski definition) is 0. The van der Waals surface area contributed by atoms with Gasteiger partial charge in [-0.2, -0.15) is 0 Å². The minimum absolute atomic E-state index is 0.0244. The van der Waals surface area contributed by atoms with E-state index in [9.17, 15) is 4.79 Å². The summed E-state index contributed by atoms with van der Waals surface area (Å²) in [5, 5.41) is 0. The maximum absolute atomic E-state index is 12.5. The van der Waals surface area contributed by atoms with E-state index in [4.69, 9.17) is 9.15 Å². The van der Waals surface area contributed by atoms with Crippen molar-refractivity contribution in [3.05, 3.63) is 52.4 Å². The van der Waals surface area contributed by atoms with Crippen molar-refractivity contribution in [3.8, 4) is 5.75 Å². The molecule has 1 aliphatic rings. The molecule has 23 heavy (non-hydrogen) atoms. The Morgan fingerprint density at radius 2 is 2.17 bits per heavy atom. The van der Waals surface area contributed by atoms with E-state index in [1.54, 1.807) is 12.1 Å². The zero-order chi connectivity index (χ0) is 16.2. The molecule has 0 N–H and O–H groups in total. The first kappa shape index (κ1) is 16.1. The molecule has 3 rings (SSSR count). The van der Waals surface area contributed by atoms with Gasteiger partial charge in [0.15, 0.2) is 5.76 Å². The van der Waals surface area contributed by atoms with Crippen LogP contribution in [0.15, 0.2) is 45.3 Å². The normalized spacial score (nSPS) is 18.0. The number of piperidine rings is 1. The SMILES string of the molecule is CC1CCCN(C(=O)c2ccc(COc3ccccc3Br)o2)C1. The molecule has 1 amide bonds. The predicted molar refractivity (Wildman–Crippen MR) is 91.5 cm³/mol. The second kappa shape index (κ2) is 7.21. The first-order valence-electron chi connectivity index (χ1n) is 7.89. The number of amides is 1. The number of hydrogen-bond acceptors (Lipinski definition) is 3. The van der Waals surface area contributed by atoms with Crippen LogP contribution in [0.2, 0.25) is 0 Å². The highest BCUT2D eigenvalue weighted by molar-refractivity contribution is 9.10. The third-order valence-corrected chi connectivity index (χ3v) is 4.68. The van der Waals surface area contributed by atoms with Crippen molar-refractivity contribution in [2.75, 3.05) is 13.1 Å². The van der Waals surface area contributed by atoms with Gasteiger partial charge in [0, 0.05) is 13.1 Å². The average molecular weight is 378 g/mol. The molecule has 1 aromatic carbocycles. The number of ether oxygens (including phenoxy) is 1. The molecule has 122 valence electrons. The Labute approximate surface area is 144 Å². The van der Waals surface area contributed by atoms with Gasteiger partial charge in [0.1, 0.15) is 18.1 Å². The number of benzene rings is 1. The average Bonchev–Trinajstić information content (AvgIpc) is 3.02. The molecule has 0 bridgehead atoms. The van der Waals surface area contributed by atoms with Crippen LogP contribution in [-0.2, 0) is 6.61 Å². The number of likely N-dealkylation sites (tertiary alicyclic amines) is 1. The van der Waals surface area contributed by atoms with Gasteiger partial charge in [-0.25, -0.2) is 0 Å². The summed E-state index contributed by atoms with van der Waals surface area (Å²) in [6, 6.07) is 11.2. The highest BCUT2D eigenvalue weighted by atomic mass is 79.9. The summed E-state index contributed by atoms with van der Waals surface area (Å²) in [7, 11) is 0. The number of nitrogens with zero attached hydrogens (tertiary/aromatic N) is 1. The predicted octanol–water partition coefficient (Wildman–Crippen LogP) is 4.49. The van der Waals surface area contributed by atoms with Crippen LogP contribution in [0.4, 0.5) is 0 Å². The van der Waals surface area contributed by atoms with Crippen LogP contribution in [0.3, 0.4) is 0 Å². The summed E-state index contributed by atoms with van der Waals surface area (Å²) >= 11 is 3.44. The van der Waals surface area contributed by atoms with E-state index in [0.29, 0.717) is 24.0 Å². The van der Waals surface area contributed by atoms with Crippen molar-refractivity contribution in [1.82, 2.24) is 4.90 Å². The monoisotopic (exact) mass is 377 g/mol. The van der Waals surface area contributed by atoms with Crippen molar-refractivity contribution in [2.24, 2.45) is 5.92 Å². The number of rotatable bonds is 4. The van der Waals surface area contributed by atoms with Gasteiger partial charge in [-0.3, -0.25) is 4.79 Å². The molecule has 1 aromatic heterocycles. The topological polar surface area (TPSA) is 42.7 Å². The first-order valence-corrected chi connectivity index (χ1v) is 8.68. The molecule has 0 spiro atoms. The molecule has 0 radical (unpaired) electrons. The fraction of sp³-hybridized carbons (Fsp3) is 0.389. The Bertz CT molecular complexity index is 682. The zero-order valence-electron chi connectivity index (χ0n) is 13.1. The lowest BCUT2D eigenvalue weighted by atomic mass is 10.0. The van der Waals surface area contributed by atoms with Gasteiger partial charge in [-0.05, 0) is 59.0 Å². The van der Waals surface area contributed by atoms with Crippen molar-refractivity contribution < 1.29 is 13.9 Å². The van der Waals surface area contributed by atoms with Gasteiger partial charge in [0.05, 0.1) is 4.47 Å². The number of para-hydroxylation sites is 1. The first-order chi connectivity index (χ1) is 11.1. The fourth-order valence-corrected chi connectivity index (χ4v) is 3.21. The van der Waals surface area contributed by atoms with Crippen LogP contribution >= 0.6 is 15.9 Å². The number of halogens is 1. The van der Waals surface area contributed by atoms with Gasteiger partial charge in [-0.15, -0.1) is 0 Å². The number of carbonyl (C=O) groups excluding carboxylic acids is 1. The standard InChI is InChI=1S/C18H20BrNO3/c1-13-5-4-10-20(11-13)18(21)17-9-8-14(23-17)12-22-16-7-3-2-6-15(16)19/h2-3,6-9,13H,4-5,10-12H2,1H3. The molecule has 1 saturated heterocycles. The van der Waals surface area contributed by atoms with Crippen molar-refractivity contribution >= 4 is 21.8 Å². The van der Waals surface area contributed by atoms with Crippen LogP contribution in [-0.4, -0.2) is 23.9 Å². The quantitative estimate of drug-likeness (QED) is 0.787. The molecule has 2 heterocycles. The van der Waals surface area contributed by atoms with E-state index in [-0.39, 0.29) is 5.91 Å². The lowest BCUT2D eigenvalue weighted by molar-refractivity contribution is 0.0647. The van der Waals surface area contributed by atoms with Crippen molar-refractivity contribution in [3.63, 3.8) is 0 Å². The Balaban J connectivity index is 1.61. The Morgan fingerprint density at radius 1 is 1.35 bits per heavy atom. The second-order valence-electron chi connectivity index (χ2n) is 5.98. The van der Waals surface area contributed by atoms with Crippen LogP contribution in [0, 0.1) is 5.92 Å². The van der Waals surface area contributed by atoms with Crippen LogP contribution in [0.25, 0.3) is 0 Å². The molecule has 2 aromatic rings. The molecule has 4 nitrogen and oxygen atoms in total. The van der Waals surface area contributed by atoms with Gasteiger partial charge < -0.3 is 14.1 Å². The fourth-order valence-electron chi connectivity index (χ4n) is 2.81. The van der Waals surface area contributed by atoms with Gasteiger partial charge in [0.25, 0.3) is 5.91 Å². The summed E-state index contributed by atoms with van der Waals surface area (Å²) < 4.78 is 12.3. The van der Waals surface area contributed by atoms with E-state index in [1.807, 2.05) is 29.2 Å². The summed E-state index contributed by atoms with van der Waals surface area (Å²) in [4.78, 5) is 14.4. The minimum atomic E-state index is -0.0244. The van der Waals surface area contributed by atoms with Crippen molar-refractivity contribution in [1.29, 1.82) is 0 Å². The molecule has 1 unspecified atom stereocenters. The largest absolute Gasteiger partial charge is 0.484 e. The van der Waals surface area contributed by atoms with Crippen LogP contribution in [0.1, 0.15) is 36.1 Å². The Kier molecular flexibility index (Phi) is 5.06. The zero-order valence-corrected chi connectivity index (χ0v) is 14.7. The highest BCUT2D eigenvalue weighted by Gasteiger charge is 2.24. The summed E-state index contributed by atoms with van der Waals surface area (Å²) in [6.07, 6.45) is 2.25. The summed E-state index contributed by atoms with van der Waals surface area (Å²) in [6.45, 7) is 4.10. The number of carbonyl (C=O) groups is 1. The molecule has 1 atom stereocenters. The molecule has 1 aliphatic heterocycles. The van der Waals surface area contributed by atoms with Gasteiger partial charge in [-0.1, -0.05) is 19.1 Å². The molecule has 0 aliphatic carbocycles. The molecule has 0 saturated carbocycles. The van der Waals surface area contributed by atoms with E-state index in [0.717, 1.165) is 29.7 Å². The van der Waals surface area contributed by atoms with E-state index in [2.05, 4.69) is 22.9 Å². The highest BCUT2D eigenvalue weighted by Crippen LogP contribution is 2.25. The van der Waals surface area contributed by atoms with E-state index in [1.165, 1.54) is 6.42 Å².